The zero-order valence-corrected chi connectivity index (χ0v) is 21.0. The second-order valence-corrected chi connectivity index (χ2v) is 9.48. The van der Waals surface area contributed by atoms with Gasteiger partial charge in [-0.3, -0.25) is 19.2 Å². The van der Waals surface area contributed by atoms with Crippen molar-refractivity contribution in [3.8, 4) is 0 Å². The van der Waals surface area contributed by atoms with E-state index in [2.05, 4.69) is 16.0 Å². The van der Waals surface area contributed by atoms with Crippen molar-refractivity contribution >= 4 is 41.4 Å². The lowest BCUT2D eigenvalue weighted by Gasteiger charge is -2.25. The summed E-state index contributed by atoms with van der Waals surface area (Å²) in [5, 5.41) is 16.8. The highest BCUT2D eigenvalue weighted by molar-refractivity contribution is 7.98. The Morgan fingerprint density at radius 2 is 1.41 bits per heavy atom. The molecule has 0 saturated heterocycles. The van der Waals surface area contributed by atoms with Crippen molar-refractivity contribution in [2.24, 2.45) is 23.1 Å². The van der Waals surface area contributed by atoms with Crippen molar-refractivity contribution in [3.63, 3.8) is 0 Å². The maximum atomic E-state index is 13.0. The van der Waals surface area contributed by atoms with Crippen molar-refractivity contribution in [3.05, 3.63) is 0 Å². The van der Waals surface area contributed by atoms with Crippen LogP contribution >= 0.6 is 11.8 Å². The average molecular weight is 505 g/mol. The van der Waals surface area contributed by atoms with E-state index < -0.39 is 60.2 Å². The van der Waals surface area contributed by atoms with Gasteiger partial charge in [0.25, 0.3) is 0 Å². The Balaban J connectivity index is 5.48. The highest BCUT2D eigenvalue weighted by atomic mass is 32.2. The van der Waals surface area contributed by atoms with E-state index in [0.717, 1.165) is 0 Å². The zero-order valence-electron chi connectivity index (χ0n) is 20.2. The number of carbonyl (C=O) groups is 5. The summed E-state index contributed by atoms with van der Waals surface area (Å²) in [6.45, 7) is 4.23. The fourth-order valence-electron chi connectivity index (χ4n) is 3.11. The Hall–Kier alpha value is -2.38. The number of hydrogen-bond donors (Lipinski definition) is 7. The molecule has 34 heavy (non-hydrogen) atoms. The molecule has 0 aromatic carbocycles. The SMILES string of the molecule is CSCCC(NC(=O)C(N)CC(C)C)C(=O)NC(CCCCN)C(=O)NC(CC(N)=O)C(=O)O. The summed E-state index contributed by atoms with van der Waals surface area (Å²) >= 11 is 1.49. The van der Waals surface area contributed by atoms with Crippen LogP contribution in [0, 0.1) is 5.92 Å². The number of nitrogens with one attached hydrogen (secondary N) is 3. The third kappa shape index (κ3) is 13.4. The molecule has 0 radical (unpaired) electrons. The van der Waals surface area contributed by atoms with Gasteiger partial charge in [-0.05, 0) is 56.6 Å². The molecular formula is C21H40N6O6S. The van der Waals surface area contributed by atoms with Crippen molar-refractivity contribution < 1.29 is 29.1 Å². The molecule has 0 bridgehead atoms. The Bertz CT molecular complexity index is 693. The zero-order chi connectivity index (χ0) is 26.3. The Morgan fingerprint density at radius 1 is 0.882 bits per heavy atom. The highest BCUT2D eigenvalue weighted by Gasteiger charge is 2.30. The molecule has 10 N–H and O–H groups in total. The van der Waals surface area contributed by atoms with Crippen LogP contribution in [0.15, 0.2) is 0 Å². The van der Waals surface area contributed by atoms with Gasteiger partial charge >= 0.3 is 5.97 Å². The Labute approximate surface area is 204 Å². The second kappa shape index (κ2) is 17.1. The van der Waals surface area contributed by atoms with Gasteiger partial charge in [0.1, 0.15) is 18.1 Å². The lowest BCUT2D eigenvalue weighted by atomic mass is 10.0. The van der Waals surface area contributed by atoms with Gasteiger partial charge in [0.05, 0.1) is 12.5 Å². The maximum absolute atomic E-state index is 13.0. The van der Waals surface area contributed by atoms with Crippen LogP contribution in [0.25, 0.3) is 0 Å². The van der Waals surface area contributed by atoms with Crippen LogP contribution in [-0.4, -0.2) is 77.4 Å². The third-order valence-electron chi connectivity index (χ3n) is 4.91. The van der Waals surface area contributed by atoms with E-state index in [1.807, 2.05) is 20.1 Å². The van der Waals surface area contributed by atoms with Gasteiger partial charge in [0, 0.05) is 0 Å². The minimum Gasteiger partial charge on any atom is -0.480 e. The average Bonchev–Trinajstić information content (AvgIpc) is 2.74. The van der Waals surface area contributed by atoms with Crippen LogP contribution in [-0.2, 0) is 24.0 Å². The van der Waals surface area contributed by atoms with Crippen LogP contribution in [0.2, 0.25) is 0 Å². The van der Waals surface area contributed by atoms with E-state index in [4.69, 9.17) is 17.2 Å². The highest BCUT2D eigenvalue weighted by Crippen LogP contribution is 2.08. The van der Waals surface area contributed by atoms with Gasteiger partial charge in [-0.25, -0.2) is 4.79 Å². The van der Waals surface area contributed by atoms with Gasteiger partial charge in [0.15, 0.2) is 0 Å². The lowest BCUT2D eigenvalue weighted by Crippen LogP contribution is -2.57. The molecule has 0 fully saturated rings. The molecule has 12 nitrogen and oxygen atoms in total. The van der Waals surface area contributed by atoms with Crippen LogP contribution < -0.4 is 33.2 Å². The fourth-order valence-corrected chi connectivity index (χ4v) is 3.58. The fraction of sp³-hybridized carbons (Fsp3) is 0.762. The number of nitrogens with two attached hydrogens (primary N) is 3. The quantitative estimate of drug-likeness (QED) is 0.110. The molecule has 0 rings (SSSR count). The second-order valence-electron chi connectivity index (χ2n) is 8.49. The van der Waals surface area contributed by atoms with Crippen LogP contribution in [0.5, 0.6) is 0 Å². The summed E-state index contributed by atoms with van der Waals surface area (Å²) < 4.78 is 0. The number of carboxylic acids is 1. The first-order valence-electron chi connectivity index (χ1n) is 11.3. The number of carboxylic acid groups (broad SMARTS) is 1. The summed E-state index contributed by atoms with van der Waals surface area (Å²) in [7, 11) is 0. The van der Waals surface area contributed by atoms with Gasteiger partial charge in [-0.15, -0.1) is 0 Å². The maximum Gasteiger partial charge on any atom is 0.326 e. The molecule has 0 aromatic rings. The van der Waals surface area contributed by atoms with E-state index >= 15 is 0 Å². The van der Waals surface area contributed by atoms with Gasteiger partial charge in [0.2, 0.25) is 23.6 Å². The molecule has 196 valence electrons. The molecule has 0 aliphatic heterocycles. The summed E-state index contributed by atoms with van der Waals surface area (Å²) in [4.78, 5) is 60.8. The normalized spacial score (nSPS) is 14.5. The minimum absolute atomic E-state index is 0.188. The number of thioether (sulfide) groups is 1. The van der Waals surface area contributed by atoms with Crippen LogP contribution in [0.1, 0.15) is 52.4 Å². The lowest BCUT2D eigenvalue weighted by molar-refractivity contribution is -0.143. The standard InChI is InChI=1S/C21H40N6O6S/c1-12(2)10-13(23)18(29)25-15(7-9-34-3)20(31)26-14(6-4-5-8-22)19(30)27-16(21(32)33)11-17(24)28/h12-16H,4-11,22-23H2,1-3H3,(H2,24,28)(H,25,29)(H,26,31)(H,27,30)(H,32,33). The molecule has 0 aliphatic carbocycles. The summed E-state index contributed by atoms with van der Waals surface area (Å²) in [6, 6.07) is -4.33. The first-order valence-corrected chi connectivity index (χ1v) is 12.7. The van der Waals surface area contributed by atoms with Crippen molar-refractivity contribution in [1.29, 1.82) is 0 Å². The van der Waals surface area contributed by atoms with Gasteiger partial charge in [-0.2, -0.15) is 11.8 Å². The van der Waals surface area contributed by atoms with Crippen LogP contribution in [0.3, 0.4) is 0 Å². The molecule has 4 amide bonds. The minimum atomic E-state index is -1.53. The molecule has 0 spiro atoms. The first kappa shape index (κ1) is 31.6. The van der Waals surface area contributed by atoms with Gasteiger partial charge < -0.3 is 38.3 Å². The summed E-state index contributed by atoms with van der Waals surface area (Å²) in [5.41, 5.74) is 16.5. The van der Waals surface area contributed by atoms with Crippen LogP contribution in [0.4, 0.5) is 0 Å². The van der Waals surface area contributed by atoms with Crippen molar-refractivity contribution in [2.75, 3.05) is 18.6 Å². The monoisotopic (exact) mass is 504 g/mol. The largest absolute Gasteiger partial charge is 0.480 e. The van der Waals surface area contributed by atoms with E-state index in [1.54, 1.807) is 0 Å². The molecular weight excluding hydrogens is 464 g/mol. The van der Waals surface area contributed by atoms with Crippen molar-refractivity contribution in [1.82, 2.24) is 16.0 Å². The predicted octanol–water partition coefficient (Wildman–Crippen LogP) is -1.34. The number of aliphatic carboxylic acids is 1. The van der Waals surface area contributed by atoms with E-state index in [0.29, 0.717) is 38.0 Å². The molecule has 0 saturated carbocycles. The topological polar surface area (TPSA) is 220 Å². The number of hydrogen-bond acceptors (Lipinski definition) is 8. The number of rotatable bonds is 18. The van der Waals surface area contributed by atoms with Crippen molar-refractivity contribution in [2.45, 2.75) is 76.5 Å². The number of amides is 4. The molecule has 0 heterocycles. The number of primary amides is 1. The van der Waals surface area contributed by atoms with E-state index in [-0.39, 0.29) is 12.3 Å². The molecule has 4 atom stereocenters. The van der Waals surface area contributed by atoms with E-state index in [9.17, 15) is 29.1 Å². The number of unbranched alkanes of at least 4 members (excludes halogenated alkanes) is 1. The molecule has 13 heteroatoms. The Kier molecular flexibility index (Phi) is 15.9. The molecule has 0 aliphatic rings. The third-order valence-corrected chi connectivity index (χ3v) is 5.55. The Morgan fingerprint density at radius 3 is 1.88 bits per heavy atom. The first-order chi connectivity index (χ1) is 15.9. The summed E-state index contributed by atoms with van der Waals surface area (Å²) in [5.74, 6) is -3.39. The van der Waals surface area contributed by atoms with E-state index in [1.165, 1.54) is 11.8 Å². The molecule has 0 aromatic heterocycles. The smallest absolute Gasteiger partial charge is 0.326 e. The van der Waals surface area contributed by atoms with Gasteiger partial charge in [-0.1, -0.05) is 13.8 Å². The summed E-state index contributed by atoms with van der Waals surface area (Å²) in [6.07, 6.45) is 3.28. The predicted molar refractivity (Wildman–Crippen MR) is 131 cm³/mol. The number of carbonyl (C=O) groups excluding carboxylic acids is 4. The molecule has 4 unspecified atom stereocenters.